The van der Waals surface area contributed by atoms with Crippen LogP contribution >= 0.6 is 11.3 Å². The lowest BCUT2D eigenvalue weighted by Gasteiger charge is -2.26. The summed E-state index contributed by atoms with van der Waals surface area (Å²) in [6.07, 6.45) is 0. The highest BCUT2D eigenvalue weighted by molar-refractivity contribution is 7.16. The van der Waals surface area contributed by atoms with Crippen LogP contribution in [0.25, 0.3) is 11.3 Å². The number of morpholine rings is 1. The van der Waals surface area contributed by atoms with Gasteiger partial charge >= 0.3 is 0 Å². The fourth-order valence-corrected chi connectivity index (χ4v) is 3.75. The number of nitrogens with zero attached hydrogens (tertiary/aromatic N) is 2. The normalized spacial score (nSPS) is 17.4. The number of anilines is 2. The standard InChI is InChI=1S/C16H17N3O3S/c1-10-15(18-16(23-10)19-4-6-21-7-5-19)11-2-3-13-12(8-11)17-14(20)9-22-13/h2-3,8H,4-7,9H2,1H3,(H,17,20). The molecule has 1 fully saturated rings. The van der Waals surface area contributed by atoms with E-state index >= 15 is 0 Å². The van der Waals surface area contributed by atoms with Gasteiger partial charge in [-0.05, 0) is 25.1 Å². The van der Waals surface area contributed by atoms with E-state index in [0.29, 0.717) is 11.4 Å². The highest BCUT2D eigenvalue weighted by atomic mass is 32.1. The lowest BCUT2D eigenvalue weighted by atomic mass is 10.1. The number of aromatic nitrogens is 1. The van der Waals surface area contributed by atoms with E-state index < -0.39 is 0 Å². The number of thiazole rings is 1. The van der Waals surface area contributed by atoms with Crippen molar-refractivity contribution < 1.29 is 14.3 Å². The van der Waals surface area contributed by atoms with Gasteiger partial charge in [-0.2, -0.15) is 0 Å². The molecule has 1 saturated heterocycles. The molecule has 6 nitrogen and oxygen atoms in total. The lowest BCUT2D eigenvalue weighted by Crippen LogP contribution is -2.36. The molecule has 1 aromatic carbocycles. The summed E-state index contributed by atoms with van der Waals surface area (Å²) in [5, 5.41) is 3.87. The van der Waals surface area contributed by atoms with Gasteiger partial charge < -0.3 is 19.7 Å². The van der Waals surface area contributed by atoms with Gasteiger partial charge in [-0.15, -0.1) is 11.3 Å². The first-order chi connectivity index (χ1) is 11.2. The third-order valence-electron chi connectivity index (χ3n) is 3.95. The molecule has 7 heteroatoms. The van der Waals surface area contributed by atoms with Crippen molar-refractivity contribution in [3.05, 3.63) is 23.1 Å². The molecule has 0 radical (unpaired) electrons. The van der Waals surface area contributed by atoms with Crippen LogP contribution in [0.3, 0.4) is 0 Å². The minimum absolute atomic E-state index is 0.0727. The molecule has 0 saturated carbocycles. The number of benzene rings is 1. The van der Waals surface area contributed by atoms with Gasteiger partial charge in [0.05, 0.1) is 24.6 Å². The Morgan fingerprint density at radius 2 is 2.13 bits per heavy atom. The zero-order chi connectivity index (χ0) is 15.8. The number of nitrogens with one attached hydrogen (secondary N) is 1. The second-order valence-corrected chi connectivity index (χ2v) is 6.73. The molecule has 0 aliphatic carbocycles. The molecule has 0 spiro atoms. The molecule has 2 aromatic rings. The van der Waals surface area contributed by atoms with Crippen LogP contribution in [0.5, 0.6) is 5.75 Å². The van der Waals surface area contributed by atoms with Gasteiger partial charge in [-0.25, -0.2) is 4.98 Å². The van der Waals surface area contributed by atoms with E-state index in [-0.39, 0.29) is 12.5 Å². The number of amides is 1. The predicted octanol–water partition coefficient (Wildman–Crippen LogP) is 2.29. The summed E-state index contributed by atoms with van der Waals surface area (Å²) in [6.45, 7) is 5.39. The largest absolute Gasteiger partial charge is 0.482 e. The van der Waals surface area contributed by atoms with Gasteiger partial charge in [0.15, 0.2) is 11.7 Å². The Balaban J connectivity index is 1.66. The Labute approximate surface area is 138 Å². The molecular weight excluding hydrogens is 314 g/mol. The smallest absolute Gasteiger partial charge is 0.262 e. The Morgan fingerprint density at radius 1 is 1.30 bits per heavy atom. The van der Waals surface area contributed by atoms with Crippen molar-refractivity contribution in [1.82, 2.24) is 4.98 Å². The van der Waals surface area contributed by atoms with Crippen LogP contribution in [0.2, 0.25) is 0 Å². The number of fused-ring (bicyclic) bond motifs is 1. The first-order valence-electron chi connectivity index (χ1n) is 7.58. The van der Waals surface area contributed by atoms with Crippen molar-refractivity contribution in [1.29, 1.82) is 0 Å². The monoisotopic (exact) mass is 331 g/mol. The van der Waals surface area contributed by atoms with Crippen LogP contribution in [0.1, 0.15) is 4.88 Å². The number of ether oxygens (including phenoxy) is 2. The molecule has 120 valence electrons. The Kier molecular flexibility index (Phi) is 3.66. The minimum atomic E-state index is -0.126. The minimum Gasteiger partial charge on any atom is -0.482 e. The van der Waals surface area contributed by atoms with E-state index in [2.05, 4.69) is 17.1 Å². The molecule has 3 heterocycles. The average molecular weight is 331 g/mol. The summed E-state index contributed by atoms with van der Waals surface area (Å²) in [4.78, 5) is 19.7. The van der Waals surface area contributed by atoms with Crippen molar-refractivity contribution in [2.45, 2.75) is 6.92 Å². The number of carbonyl (C=O) groups is 1. The number of hydrogen-bond acceptors (Lipinski definition) is 6. The van der Waals surface area contributed by atoms with E-state index in [1.807, 2.05) is 18.2 Å². The molecule has 1 N–H and O–H groups in total. The van der Waals surface area contributed by atoms with E-state index in [4.69, 9.17) is 14.5 Å². The van der Waals surface area contributed by atoms with Crippen LogP contribution < -0.4 is 15.0 Å². The maximum absolute atomic E-state index is 11.5. The van der Waals surface area contributed by atoms with Crippen molar-refractivity contribution in [3.63, 3.8) is 0 Å². The fraction of sp³-hybridized carbons (Fsp3) is 0.375. The van der Waals surface area contributed by atoms with Gasteiger partial charge in [-0.1, -0.05) is 0 Å². The molecule has 1 aromatic heterocycles. The summed E-state index contributed by atoms with van der Waals surface area (Å²) in [5.74, 6) is 0.577. The number of carbonyl (C=O) groups excluding carboxylic acids is 1. The van der Waals surface area contributed by atoms with Crippen molar-refractivity contribution in [2.24, 2.45) is 0 Å². The van der Waals surface area contributed by atoms with Crippen molar-refractivity contribution >= 4 is 28.1 Å². The third-order valence-corrected chi connectivity index (χ3v) is 4.98. The molecule has 4 rings (SSSR count). The first-order valence-corrected chi connectivity index (χ1v) is 8.39. The van der Waals surface area contributed by atoms with Crippen molar-refractivity contribution in [3.8, 4) is 17.0 Å². The Bertz CT molecular complexity index is 753. The molecule has 2 aliphatic rings. The van der Waals surface area contributed by atoms with E-state index in [1.54, 1.807) is 11.3 Å². The number of aryl methyl sites for hydroxylation is 1. The SMILES string of the molecule is Cc1sc(N2CCOCC2)nc1-c1ccc2c(c1)NC(=O)CO2. The maximum Gasteiger partial charge on any atom is 0.262 e. The summed E-state index contributed by atoms with van der Waals surface area (Å²) in [5.41, 5.74) is 2.65. The molecule has 1 amide bonds. The molecule has 0 bridgehead atoms. The van der Waals surface area contributed by atoms with Gasteiger partial charge in [0.25, 0.3) is 5.91 Å². The van der Waals surface area contributed by atoms with E-state index in [0.717, 1.165) is 47.6 Å². The second kappa shape index (κ2) is 5.82. The molecule has 0 atom stereocenters. The van der Waals surface area contributed by atoms with Crippen molar-refractivity contribution in [2.75, 3.05) is 43.1 Å². The Morgan fingerprint density at radius 3 is 2.96 bits per heavy atom. The van der Waals surface area contributed by atoms with Crippen LogP contribution in [-0.4, -0.2) is 43.8 Å². The van der Waals surface area contributed by atoms with Crippen LogP contribution in [0.4, 0.5) is 10.8 Å². The van der Waals surface area contributed by atoms with Gasteiger partial charge in [0.2, 0.25) is 0 Å². The lowest BCUT2D eigenvalue weighted by molar-refractivity contribution is -0.118. The summed E-state index contributed by atoms with van der Waals surface area (Å²) in [7, 11) is 0. The molecule has 2 aliphatic heterocycles. The highest BCUT2D eigenvalue weighted by Gasteiger charge is 2.20. The van der Waals surface area contributed by atoms with Gasteiger partial charge in [0, 0.05) is 23.5 Å². The summed E-state index contributed by atoms with van der Waals surface area (Å²) < 4.78 is 10.8. The zero-order valence-electron chi connectivity index (χ0n) is 12.8. The van der Waals surface area contributed by atoms with Gasteiger partial charge in [-0.3, -0.25) is 4.79 Å². The van der Waals surface area contributed by atoms with Gasteiger partial charge in [0.1, 0.15) is 5.75 Å². The summed E-state index contributed by atoms with van der Waals surface area (Å²) in [6, 6.07) is 5.80. The molecule has 0 unspecified atom stereocenters. The highest BCUT2D eigenvalue weighted by Crippen LogP contribution is 2.37. The molecule has 23 heavy (non-hydrogen) atoms. The second-order valence-electron chi connectivity index (χ2n) is 5.55. The maximum atomic E-state index is 11.5. The quantitative estimate of drug-likeness (QED) is 0.915. The van der Waals surface area contributed by atoms with Crippen LogP contribution in [0.15, 0.2) is 18.2 Å². The van der Waals surface area contributed by atoms with Crippen LogP contribution in [0, 0.1) is 6.92 Å². The fourth-order valence-electron chi connectivity index (χ4n) is 2.77. The van der Waals surface area contributed by atoms with E-state index in [9.17, 15) is 4.79 Å². The number of rotatable bonds is 2. The average Bonchev–Trinajstić information content (AvgIpc) is 2.97. The Hall–Kier alpha value is -2.12. The van der Waals surface area contributed by atoms with E-state index in [1.165, 1.54) is 0 Å². The third kappa shape index (κ3) is 2.77. The number of hydrogen-bond donors (Lipinski definition) is 1. The summed E-state index contributed by atoms with van der Waals surface area (Å²) >= 11 is 1.69. The molecular formula is C16H17N3O3S. The first kappa shape index (κ1) is 14.5. The zero-order valence-corrected chi connectivity index (χ0v) is 13.6. The van der Waals surface area contributed by atoms with Crippen LogP contribution in [-0.2, 0) is 9.53 Å². The predicted molar refractivity (Wildman–Crippen MR) is 89.4 cm³/mol. The topological polar surface area (TPSA) is 63.7 Å².